The molecule has 1 aliphatic heterocycles. The fraction of sp³-hybridized carbons (Fsp3) is 0.917. The van der Waals surface area contributed by atoms with Crippen LogP contribution in [0.25, 0.3) is 0 Å². The van der Waals surface area contributed by atoms with Crippen molar-refractivity contribution >= 4 is 5.91 Å². The van der Waals surface area contributed by atoms with Crippen molar-refractivity contribution < 1.29 is 14.3 Å². The Kier molecular flexibility index (Phi) is 4.91. The normalized spacial score (nSPS) is 28.2. The van der Waals surface area contributed by atoms with Gasteiger partial charge < -0.3 is 20.1 Å². The van der Waals surface area contributed by atoms with E-state index in [4.69, 9.17) is 15.2 Å². The summed E-state index contributed by atoms with van der Waals surface area (Å²) in [6, 6.07) is 0. The summed E-state index contributed by atoms with van der Waals surface area (Å²) in [4.78, 5) is 14.2. The molecule has 1 fully saturated rings. The predicted octanol–water partition coefficient (Wildman–Crippen LogP) is 0.234. The lowest BCUT2D eigenvalue weighted by molar-refractivity contribution is -0.140. The van der Waals surface area contributed by atoms with Crippen LogP contribution in [0.3, 0.4) is 0 Å². The molecule has 3 unspecified atom stereocenters. The Labute approximate surface area is 103 Å². The molecule has 1 saturated heterocycles. The van der Waals surface area contributed by atoms with E-state index < -0.39 is 5.41 Å². The second kappa shape index (κ2) is 5.80. The zero-order valence-electron chi connectivity index (χ0n) is 11.2. The standard InChI is InChI=1S/C12H24N2O3/c1-5-12(2,8-13)11(15)14-6-9(16-3)10(7-14)17-4/h9-10H,5-8,13H2,1-4H3. The number of carbonyl (C=O) groups excluding carboxylic acids is 1. The van der Waals surface area contributed by atoms with Gasteiger partial charge >= 0.3 is 0 Å². The van der Waals surface area contributed by atoms with Crippen molar-refractivity contribution in [2.75, 3.05) is 33.9 Å². The van der Waals surface area contributed by atoms with Crippen LogP contribution in [0.5, 0.6) is 0 Å². The van der Waals surface area contributed by atoms with Gasteiger partial charge in [-0.25, -0.2) is 0 Å². The fourth-order valence-corrected chi connectivity index (χ4v) is 2.13. The fourth-order valence-electron chi connectivity index (χ4n) is 2.13. The van der Waals surface area contributed by atoms with E-state index in [9.17, 15) is 4.79 Å². The van der Waals surface area contributed by atoms with Gasteiger partial charge in [-0.3, -0.25) is 4.79 Å². The number of nitrogens with two attached hydrogens (primary N) is 1. The number of rotatable bonds is 5. The van der Waals surface area contributed by atoms with E-state index in [-0.39, 0.29) is 18.1 Å². The maximum atomic E-state index is 12.4. The minimum Gasteiger partial charge on any atom is -0.377 e. The summed E-state index contributed by atoms with van der Waals surface area (Å²) in [6.45, 7) is 5.45. The van der Waals surface area contributed by atoms with Gasteiger partial charge in [-0.1, -0.05) is 6.92 Å². The summed E-state index contributed by atoms with van der Waals surface area (Å²) >= 11 is 0. The Morgan fingerprint density at radius 1 is 1.35 bits per heavy atom. The zero-order valence-corrected chi connectivity index (χ0v) is 11.2. The smallest absolute Gasteiger partial charge is 0.229 e. The van der Waals surface area contributed by atoms with Crippen LogP contribution in [-0.2, 0) is 14.3 Å². The summed E-state index contributed by atoms with van der Waals surface area (Å²) in [5.74, 6) is 0.101. The van der Waals surface area contributed by atoms with Crippen molar-refractivity contribution in [2.45, 2.75) is 32.5 Å². The summed E-state index contributed by atoms with van der Waals surface area (Å²) in [5.41, 5.74) is 5.24. The third-order valence-electron chi connectivity index (χ3n) is 3.86. The second-order valence-electron chi connectivity index (χ2n) is 4.88. The van der Waals surface area contributed by atoms with E-state index in [0.29, 0.717) is 19.6 Å². The molecule has 0 aromatic rings. The van der Waals surface area contributed by atoms with Gasteiger partial charge in [-0.05, 0) is 13.3 Å². The van der Waals surface area contributed by atoms with Gasteiger partial charge in [0.1, 0.15) is 12.2 Å². The van der Waals surface area contributed by atoms with Crippen LogP contribution in [0.15, 0.2) is 0 Å². The van der Waals surface area contributed by atoms with Crippen LogP contribution >= 0.6 is 0 Å². The highest BCUT2D eigenvalue weighted by Crippen LogP contribution is 2.26. The minimum atomic E-state index is -0.471. The number of hydrogen-bond acceptors (Lipinski definition) is 4. The maximum absolute atomic E-state index is 12.4. The molecule has 5 nitrogen and oxygen atoms in total. The van der Waals surface area contributed by atoms with Crippen LogP contribution < -0.4 is 5.73 Å². The molecule has 0 radical (unpaired) electrons. The van der Waals surface area contributed by atoms with Crippen molar-refractivity contribution in [2.24, 2.45) is 11.1 Å². The molecule has 3 atom stereocenters. The highest BCUT2D eigenvalue weighted by molar-refractivity contribution is 5.83. The molecule has 17 heavy (non-hydrogen) atoms. The SMILES string of the molecule is CCC(C)(CN)C(=O)N1CC(OC)C(OC)C1. The first-order valence-electron chi connectivity index (χ1n) is 6.07. The second-order valence-corrected chi connectivity index (χ2v) is 4.88. The van der Waals surface area contributed by atoms with Crippen LogP contribution in [0, 0.1) is 5.41 Å². The molecule has 2 N–H and O–H groups in total. The van der Waals surface area contributed by atoms with Gasteiger partial charge in [-0.15, -0.1) is 0 Å². The van der Waals surface area contributed by atoms with E-state index in [1.165, 1.54) is 0 Å². The van der Waals surface area contributed by atoms with Crippen molar-refractivity contribution in [3.8, 4) is 0 Å². The quantitative estimate of drug-likeness (QED) is 0.752. The molecule has 0 spiro atoms. The van der Waals surface area contributed by atoms with Crippen LogP contribution in [0.4, 0.5) is 0 Å². The van der Waals surface area contributed by atoms with Gasteiger partial charge in [-0.2, -0.15) is 0 Å². The Morgan fingerprint density at radius 3 is 2.12 bits per heavy atom. The number of likely N-dealkylation sites (tertiary alicyclic amines) is 1. The molecule has 5 heteroatoms. The molecule has 1 heterocycles. The van der Waals surface area contributed by atoms with Gasteiger partial charge in [0.2, 0.25) is 5.91 Å². The Morgan fingerprint density at radius 2 is 1.82 bits per heavy atom. The summed E-state index contributed by atoms with van der Waals surface area (Å²) in [7, 11) is 3.29. The molecule has 0 aromatic carbocycles. The molecular formula is C12H24N2O3. The van der Waals surface area contributed by atoms with E-state index in [1.807, 2.05) is 13.8 Å². The molecule has 0 bridgehead atoms. The first kappa shape index (κ1) is 14.4. The van der Waals surface area contributed by atoms with E-state index in [1.54, 1.807) is 19.1 Å². The van der Waals surface area contributed by atoms with Gasteiger partial charge in [0, 0.05) is 33.9 Å². The Balaban J connectivity index is 2.72. The number of hydrogen-bond donors (Lipinski definition) is 1. The molecule has 1 aliphatic rings. The Hall–Kier alpha value is -0.650. The van der Waals surface area contributed by atoms with Crippen LogP contribution in [0.1, 0.15) is 20.3 Å². The van der Waals surface area contributed by atoms with Gasteiger partial charge in [0.25, 0.3) is 0 Å². The van der Waals surface area contributed by atoms with Crippen molar-refractivity contribution in [3.05, 3.63) is 0 Å². The molecule has 0 saturated carbocycles. The maximum Gasteiger partial charge on any atom is 0.229 e. The molecule has 1 rings (SSSR count). The molecule has 0 aromatic heterocycles. The summed E-state index contributed by atoms with van der Waals surface area (Å²) in [5, 5.41) is 0. The predicted molar refractivity (Wildman–Crippen MR) is 65.6 cm³/mol. The number of carbonyl (C=O) groups is 1. The van der Waals surface area contributed by atoms with Crippen LogP contribution in [-0.4, -0.2) is 56.9 Å². The number of methoxy groups -OCH3 is 2. The largest absolute Gasteiger partial charge is 0.377 e. The van der Waals surface area contributed by atoms with E-state index in [0.717, 1.165) is 6.42 Å². The van der Waals surface area contributed by atoms with Crippen molar-refractivity contribution in [1.29, 1.82) is 0 Å². The molecular weight excluding hydrogens is 220 g/mol. The lowest BCUT2D eigenvalue weighted by Crippen LogP contribution is -2.45. The number of amides is 1. The van der Waals surface area contributed by atoms with Crippen molar-refractivity contribution in [3.63, 3.8) is 0 Å². The van der Waals surface area contributed by atoms with Gasteiger partial charge in [0.15, 0.2) is 0 Å². The molecule has 100 valence electrons. The lowest BCUT2D eigenvalue weighted by Gasteiger charge is -2.30. The van der Waals surface area contributed by atoms with E-state index in [2.05, 4.69) is 0 Å². The monoisotopic (exact) mass is 244 g/mol. The highest BCUT2D eigenvalue weighted by Gasteiger charge is 2.41. The van der Waals surface area contributed by atoms with Gasteiger partial charge in [0.05, 0.1) is 5.41 Å². The van der Waals surface area contributed by atoms with Crippen LogP contribution in [0.2, 0.25) is 0 Å². The number of nitrogens with zero attached hydrogens (tertiary/aromatic N) is 1. The van der Waals surface area contributed by atoms with E-state index >= 15 is 0 Å². The topological polar surface area (TPSA) is 64.8 Å². The lowest BCUT2D eigenvalue weighted by atomic mass is 9.86. The molecule has 0 aliphatic carbocycles. The third kappa shape index (κ3) is 2.78. The first-order chi connectivity index (χ1) is 8.02. The highest BCUT2D eigenvalue weighted by atomic mass is 16.5. The summed E-state index contributed by atoms with van der Waals surface area (Å²) < 4.78 is 10.6. The summed E-state index contributed by atoms with van der Waals surface area (Å²) in [6.07, 6.45) is 0.666. The Bertz CT molecular complexity index is 254. The van der Waals surface area contributed by atoms with Crippen molar-refractivity contribution in [1.82, 2.24) is 4.90 Å². The average Bonchev–Trinajstić information content (AvgIpc) is 2.79. The third-order valence-corrected chi connectivity index (χ3v) is 3.86. The minimum absolute atomic E-state index is 0.0390. The number of ether oxygens (including phenoxy) is 2. The average molecular weight is 244 g/mol. The molecule has 1 amide bonds. The zero-order chi connectivity index (χ0) is 13.1. The first-order valence-corrected chi connectivity index (χ1v) is 6.07.